The molecule has 3 aliphatic carbocycles. The molecule has 0 saturated heterocycles. The van der Waals surface area contributed by atoms with E-state index >= 15 is 4.39 Å². The molecule has 0 unspecified atom stereocenters. The number of sulfone groups is 1. The van der Waals surface area contributed by atoms with Crippen LogP contribution in [0, 0.1) is 29.5 Å². The molecule has 2 N–H and O–H groups in total. The molecule has 2 bridgehead atoms. The van der Waals surface area contributed by atoms with Crippen LogP contribution in [-0.4, -0.2) is 57.6 Å². The van der Waals surface area contributed by atoms with Gasteiger partial charge in [-0.15, -0.1) is 0 Å². The van der Waals surface area contributed by atoms with E-state index in [1.54, 1.807) is 6.92 Å². The fourth-order valence-electron chi connectivity index (χ4n) is 7.01. The minimum absolute atomic E-state index is 0.00695. The monoisotopic (exact) mass is 684 g/mol. The molecule has 2 aromatic rings. The first-order valence-corrected chi connectivity index (χ1v) is 17.0. The summed E-state index contributed by atoms with van der Waals surface area (Å²) in [5.41, 5.74) is -5.35. The van der Waals surface area contributed by atoms with E-state index in [0.29, 0.717) is 38.7 Å². The third-order valence-electron chi connectivity index (χ3n) is 9.34. The number of rotatable bonds is 10. The van der Waals surface area contributed by atoms with E-state index in [9.17, 15) is 36.0 Å². The second-order valence-electron chi connectivity index (χ2n) is 12.1. The van der Waals surface area contributed by atoms with E-state index < -0.39 is 49.8 Å². The summed E-state index contributed by atoms with van der Waals surface area (Å²) in [6.45, 7) is 2.03. The predicted octanol–water partition coefficient (Wildman–Crippen LogP) is 5.41. The van der Waals surface area contributed by atoms with Gasteiger partial charge < -0.3 is 24.8 Å². The Hall–Kier alpha value is -3.88. The highest BCUT2D eigenvalue weighted by molar-refractivity contribution is 7.92. The molecule has 10 nitrogen and oxygen atoms in total. The number of hydrogen-bond donors (Lipinski definition) is 2. The van der Waals surface area contributed by atoms with Crippen molar-refractivity contribution in [3.63, 3.8) is 0 Å². The summed E-state index contributed by atoms with van der Waals surface area (Å²) in [7, 11) is -4.25. The molecule has 4 atom stereocenters. The van der Waals surface area contributed by atoms with Crippen molar-refractivity contribution in [3.8, 4) is 11.5 Å². The summed E-state index contributed by atoms with van der Waals surface area (Å²) in [5.74, 6) is -3.23. The number of carbonyl (C=O) groups is 3. The Bertz CT molecular complexity index is 1610. The highest BCUT2D eigenvalue weighted by Gasteiger charge is 2.52. The normalized spacial score (nSPS) is 25.6. The van der Waals surface area contributed by atoms with Crippen LogP contribution in [0.5, 0.6) is 11.5 Å². The number of methoxy groups -OCH3 is 1. The summed E-state index contributed by atoms with van der Waals surface area (Å²) >= 11 is 0. The van der Waals surface area contributed by atoms with Crippen molar-refractivity contribution in [1.29, 1.82) is 0 Å². The number of hydrogen-bond acceptors (Lipinski definition) is 8. The predicted molar refractivity (Wildman–Crippen MR) is 160 cm³/mol. The summed E-state index contributed by atoms with van der Waals surface area (Å²) in [4.78, 5) is 38.2. The summed E-state index contributed by atoms with van der Waals surface area (Å²) in [6, 6.07) is 5.41. The third-order valence-corrected chi connectivity index (χ3v) is 10.8. The summed E-state index contributed by atoms with van der Waals surface area (Å²) < 4.78 is 93.4. The lowest BCUT2D eigenvalue weighted by molar-refractivity contribution is -0.149. The minimum atomic E-state index is -5.54. The van der Waals surface area contributed by atoms with Gasteiger partial charge in [-0.3, -0.25) is 14.4 Å². The molecule has 0 heterocycles. The quantitative estimate of drug-likeness (QED) is 0.251. The van der Waals surface area contributed by atoms with Crippen molar-refractivity contribution in [2.24, 2.45) is 23.7 Å². The van der Waals surface area contributed by atoms with Crippen LogP contribution >= 0.6 is 0 Å². The molecular weight excluding hydrogens is 648 g/mol. The highest BCUT2D eigenvalue weighted by atomic mass is 32.2. The number of nitrogens with one attached hydrogen (secondary N) is 2. The van der Waals surface area contributed by atoms with E-state index in [4.69, 9.17) is 14.2 Å². The lowest BCUT2D eigenvalue weighted by Gasteiger charge is -2.31. The van der Waals surface area contributed by atoms with Gasteiger partial charge in [-0.25, -0.2) is 12.8 Å². The molecule has 0 spiro atoms. The van der Waals surface area contributed by atoms with Gasteiger partial charge in [-0.05, 0) is 94.0 Å². The van der Waals surface area contributed by atoms with Gasteiger partial charge >= 0.3 is 11.5 Å². The van der Waals surface area contributed by atoms with Crippen molar-refractivity contribution in [2.75, 3.05) is 19.0 Å². The molecule has 15 heteroatoms. The van der Waals surface area contributed by atoms with Crippen molar-refractivity contribution >= 4 is 33.3 Å². The lowest BCUT2D eigenvalue weighted by Crippen LogP contribution is -2.48. The van der Waals surface area contributed by atoms with Gasteiger partial charge in [-0.2, -0.15) is 13.2 Å². The van der Waals surface area contributed by atoms with Gasteiger partial charge in [0.15, 0.2) is 11.6 Å². The van der Waals surface area contributed by atoms with Crippen molar-refractivity contribution in [2.45, 2.75) is 74.4 Å². The Labute approximate surface area is 269 Å². The Morgan fingerprint density at radius 3 is 2.21 bits per heavy atom. The maximum absolute atomic E-state index is 15.0. The third kappa shape index (κ3) is 7.19. The SMILES string of the molecule is CCOC(=O)C1CCC(Oc2cc(C(=O)N[C@@H]3[C@H]4CC[C@H](C4)[C@@H]3C(=O)Nc3ccc(S(=O)(=O)C(F)(F)F)cc3)c(OC)cc2F)CC1. The van der Waals surface area contributed by atoms with Crippen LogP contribution in [0.25, 0.3) is 0 Å². The largest absolute Gasteiger partial charge is 0.501 e. The fourth-order valence-corrected chi connectivity index (χ4v) is 7.77. The Morgan fingerprint density at radius 2 is 1.60 bits per heavy atom. The maximum Gasteiger partial charge on any atom is 0.501 e. The number of benzene rings is 2. The van der Waals surface area contributed by atoms with Gasteiger partial charge in [0, 0.05) is 17.8 Å². The van der Waals surface area contributed by atoms with Crippen molar-refractivity contribution < 1.29 is 54.6 Å². The number of ether oxygens (including phenoxy) is 3. The number of fused-ring (bicyclic) bond motifs is 2. The van der Waals surface area contributed by atoms with Gasteiger partial charge in [0.1, 0.15) is 5.75 Å². The first-order chi connectivity index (χ1) is 22.2. The van der Waals surface area contributed by atoms with Gasteiger partial charge in [-0.1, -0.05) is 0 Å². The van der Waals surface area contributed by atoms with Crippen molar-refractivity contribution in [1.82, 2.24) is 5.32 Å². The number of anilines is 1. The molecule has 3 aliphatic rings. The van der Waals surface area contributed by atoms with Gasteiger partial charge in [0.2, 0.25) is 5.91 Å². The molecule has 5 rings (SSSR count). The van der Waals surface area contributed by atoms with Crippen LogP contribution in [-0.2, 0) is 24.2 Å². The van der Waals surface area contributed by atoms with Crippen LogP contribution in [0.1, 0.15) is 62.2 Å². The van der Waals surface area contributed by atoms with E-state index in [2.05, 4.69) is 10.6 Å². The molecule has 256 valence electrons. The zero-order valence-corrected chi connectivity index (χ0v) is 26.6. The average molecular weight is 685 g/mol. The van der Waals surface area contributed by atoms with Crippen LogP contribution in [0.4, 0.5) is 23.2 Å². The molecular formula is C32H36F4N2O8S. The topological polar surface area (TPSA) is 137 Å². The second kappa shape index (κ2) is 13.7. The molecule has 0 aromatic heterocycles. The second-order valence-corrected chi connectivity index (χ2v) is 14.1. The zero-order chi connectivity index (χ0) is 34.1. The molecule has 3 saturated carbocycles. The molecule has 0 radical (unpaired) electrons. The molecule has 3 fully saturated rings. The number of alkyl halides is 3. The number of carbonyl (C=O) groups excluding carboxylic acids is 3. The van der Waals surface area contributed by atoms with Gasteiger partial charge in [0.05, 0.1) is 42.1 Å². The van der Waals surface area contributed by atoms with Crippen LogP contribution in [0.15, 0.2) is 41.3 Å². The van der Waals surface area contributed by atoms with E-state index in [1.165, 1.54) is 13.2 Å². The summed E-state index contributed by atoms with van der Waals surface area (Å²) in [5, 5.41) is 5.57. The molecule has 47 heavy (non-hydrogen) atoms. The first kappa shape index (κ1) is 34.5. The minimum Gasteiger partial charge on any atom is -0.496 e. The van der Waals surface area contributed by atoms with E-state index in [1.807, 2.05) is 0 Å². The maximum atomic E-state index is 15.0. The van der Waals surface area contributed by atoms with Crippen LogP contribution < -0.4 is 20.1 Å². The fraction of sp³-hybridized carbons (Fsp3) is 0.531. The smallest absolute Gasteiger partial charge is 0.496 e. The number of esters is 1. The van der Waals surface area contributed by atoms with Crippen LogP contribution in [0.3, 0.4) is 0 Å². The Morgan fingerprint density at radius 1 is 0.936 bits per heavy atom. The zero-order valence-electron chi connectivity index (χ0n) is 25.8. The van der Waals surface area contributed by atoms with Crippen molar-refractivity contribution in [3.05, 3.63) is 47.8 Å². The van der Waals surface area contributed by atoms with Crippen LogP contribution in [0.2, 0.25) is 0 Å². The summed E-state index contributed by atoms with van der Waals surface area (Å²) in [6.07, 6.45) is 3.87. The van der Waals surface area contributed by atoms with E-state index in [-0.39, 0.29) is 52.6 Å². The Balaban J connectivity index is 1.28. The van der Waals surface area contributed by atoms with E-state index in [0.717, 1.165) is 43.2 Å². The standard InChI is InChI=1S/C32H36F4N2O8S/c1-3-45-31(41)17-6-10-21(11-7-17)46-26-15-23(25(44-2)16-24(26)33)29(39)38-28-19-5-4-18(14-19)27(28)30(40)37-20-8-12-22(13-9-20)47(42,43)32(34,35)36/h8-9,12-13,15-19,21,27-28H,3-7,10-11,14H2,1-2H3,(H,37,40)(H,38,39)/t17?,18-,19+,21?,27+,28-/m1/s1. The number of amides is 2. The average Bonchev–Trinajstić information content (AvgIpc) is 3.64. The highest BCUT2D eigenvalue weighted by Crippen LogP contribution is 2.49. The number of halogens is 4. The molecule has 2 amide bonds. The van der Waals surface area contributed by atoms with Gasteiger partial charge in [0.25, 0.3) is 15.7 Å². The molecule has 0 aliphatic heterocycles. The Kier molecular flexibility index (Phi) is 10.0. The lowest BCUT2D eigenvalue weighted by atomic mass is 9.83. The first-order valence-electron chi connectivity index (χ1n) is 15.5. The molecule has 2 aromatic carbocycles.